The van der Waals surface area contributed by atoms with Crippen LogP contribution in [0.15, 0.2) is 54.7 Å². The molecule has 0 aliphatic rings. The van der Waals surface area contributed by atoms with E-state index in [1.165, 1.54) is 11.3 Å². The van der Waals surface area contributed by atoms with Gasteiger partial charge in [0.2, 0.25) is 10.8 Å². The number of hydrogen-bond acceptors (Lipinski definition) is 5. The number of nitrogens with zero attached hydrogens (tertiary/aromatic N) is 6. The lowest BCUT2D eigenvalue weighted by atomic mass is 10.2. The van der Waals surface area contributed by atoms with E-state index in [4.69, 9.17) is 0 Å². The van der Waals surface area contributed by atoms with Crippen molar-refractivity contribution in [2.45, 2.75) is 6.92 Å². The molecular formula is C19H14N6S. The van der Waals surface area contributed by atoms with Gasteiger partial charge in [-0.1, -0.05) is 53.8 Å². The first-order valence-electron chi connectivity index (χ1n) is 8.19. The molecule has 5 rings (SSSR count). The van der Waals surface area contributed by atoms with E-state index in [1.807, 2.05) is 66.1 Å². The quantitative estimate of drug-likeness (QED) is 0.489. The lowest BCUT2D eigenvalue weighted by molar-refractivity contribution is 0.944. The van der Waals surface area contributed by atoms with Gasteiger partial charge in [-0.2, -0.15) is 9.61 Å². The minimum atomic E-state index is 0.701. The maximum atomic E-state index is 4.67. The highest BCUT2D eigenvalue weighted by molar-refractivity contribution is 7.17. The van der Waals surface area contributed by atoms with Gasteiger partial charge in [0.05, 0.1) is 5.69 Å². The molecule has 5 aromatic rings. The Labute approximate surface area is 153 Å². The molecule has 26 heavy (non-hydrogen) atoms. The first kappa shape index (κ1) is 15.0. The molecular weight excluding hydrogens is 344 g/mol. The van der Waals surface area contributed by atoms with Gasteiger partial charge in [0.25, 0.3) is 0 Å². The van der Waals surface area contributed by atoms with Crippen LogP contribution in [0.1, 0.15) is 16.3 Å². The van der Waals surface area contributed by atoms with Crippen LogP contribution in [0.4, 0.5) is 0 Å². The molecule has 7 heteroatoms. The summed E-state index contributed by atoms with van der Waals surface area (Å²) in [7, 11) is 0. The van der Waals surface area contributed by atoms with Crippen LogP contribution in [-0.2, 0) is 0 Å². The Morgan fingerprint density at radius 3 is 2.69 bits per heavy atom. The Morgan fingerprint density at radius 2 is 1.81 bits per heavy atom. The molecule has 6 nitrogen and oxygen atoms in total. The van der Waals surface area contributed by atoms with Crippen LogP contribution in [0.5, 0.6) is 0 Å². The minimum Gasteiger partial charge on any atom is -0.297 e. The van der Waals surface area contributed by atoms with E-state index in [1.54, 1.807) is 4.52 Å². The number of aryl methyl sites for hydroxylation is 1. The molecule has 0 saturated carbocycles. The largest absolute Gasteiger partial charge is 0.297 e. The van der Waals surface area contributed by atoms with E-state index in [-0.39, 0.29) is 0 Å². The van der Waals surface area contributed by atoms with E-state index < -0.39 is 0 Å². The molecule has 4 aromatic heterocycles. The highest BCUT2D eigenvalue weighted by atomic mass is 32.1. The zero-order chi connectivity index (χ0) is 17.5. The van der Waals surface area contributed by atoms with Crippen molar-refractivity contribution in [3.05, 3.63) is 71.0 Å². The number of rotatable bonds is 3. The summed E-state index contributed by atoms with van der Waals surface area (Å²) in [5, 5.41) is 14.2. The van der Waals surface area contributed by atoms with Crippen LogP contribution < -0.4 is 0 Å². The monoisotopic (exact) mass is 358 g/mol. The van der Waals surface area contributed by atoms with Crippen LogP contribution >= 0.6 is 11.3 Å². The van der Waals surface area contributed by atoms with E-state index >= 15 is 0 Å². The Bertz CT molecular complexity index is 1250. The van der Waals surface area contributed by atoms with E-state index in [9.17, 15) is 0 Å². The number of benzene rings is 1. The number of aromatic nitrogens is 6. The normalized spacial score (nSPS) is 11.9. The summed E-state index contributed by atoms with van der Waals surface area (Å²) in [6.07, 6.45) is 6.03. The molecule has 0 amide bonds. The van der Waals surface area contributed by atoms with Gasteiger partial charge in [0, 0.05) is 6.20 Å². The van der Waals surface area contributed by atoms with Crippen molar-refractivity contribution in [2.24, 2.45) is 0 Å². The van der Waals surface area contributed by atoms with E-state index in [0.717, 1.165) is 32.6 Å². The Morgan fingerprint density at radius 1 is 0.962 bits per heavy atom. The third-order valence-corrected chi connectivity index (χ3v) is 5.00. The van der Waals surface area contributed by atoms with Gasteiger partial charge in [-0.15, -0.1) is 10.2 Å². The summed E-state index contributed by atoms with van der Waals surface area (Å²) in [6.45, 7) is 1.98. The highest BCUT2D eigenvalue weighted by Gasteiger charge is 2.18. The van der Waals surface area contributed by atoms with Crippen LogP contribution in [0.2, 0.25) is 0 Å². The summed E-state index contributed by atoms with van der Waals surface area (Å²) in [5.41, 5.74) is 3.84. The van der Waals surface area contributed by atoms with Gasteiger partial charge in [-0.25, -0.2) is 4.98 Å². The van der Waals surface area contributed by atoms with Crippen molar-refractivity contribution in [1.29, 1.82) is 0 Å². The predicted molar refractivity (Wildman–Crippen MR) is 103 cm³/mol. The SMILES string of the molecule is Cc1nc2ccccn2c1-c1nnc2sc(/C=C/c3ccccc3)nn12. The topological polar surface area (TPSA) is 60.4 Å². The fourth-order valence-corrected chi connectivity index (χ4v) is 3.70. The molecule has 0 radical (unpaired) electrons. The molecule has 0 spiro atoms. The second-order valence-corrected chi connectivity index (χ2v) is 6.86. The molecule has 4 heterocycles. The molecule has 126 valence electrons. The molecule has 0 aliphatic carbocycles. The van der Waals surface area contributed by atoms with Gasteiger partial charge in [0.15, 0.2) is 0 Å². The maximum Gasteiger partial charge on any atom is 0.235 e. The van der Waals surface area contributed by atoms with E-state index in [0.29, 0.717) is 5.82 Å². The Hall–Kier alpha value is -3.32. The standard InChI is InChI=1S/C19H14N6S/c1-13-17(24-12-6-5-9-15(24)20-13)18-21-22-19-25(18)23-16(26-19)11-10-14-7-3-2-4-8-14/h2-12H,1H3/b11-10+. The Kier molecular flexibility index (Phi) is 3.39. The average molecular weight is 358 g/mol. The van der Waals surface area contributed by atoms with Crippen molar-refractivity contribution in [2.75, 3.05) is 0 Å². The van der Waals surface area contributed by atoms with Gasteiger partial charge < -0.3 is 0 Å². The lowest BCUT2D eigenvalue weighted by Crippen LogP contribution is -1.96. The van der Waals surface area contributed by atoms with Gasteiger partial charge in [-0.3, -0.25) is 4.40 Å². The molecule has 0 saturated heterocycles. The van der Waals surface area contributed by atoms with Crippen molar-refractivity contribution in [1.82, 2.24) is 29.2 Å². The van der Waals surface area contributed by atoms with Crippen molar-refractivity contribution in [3.63, 3.8) is 0 Å². The third-order valence-electron chi connectivity index (χ3n) is 4.14. The molecule has 0 atom stereocenters. The van der Waals surface area contributed by atoms with Gasteiger partial charge in [0.1, 0.15) is 16.3 Å². The molecule has 0 aliphatic heterocycles. The average Bonchev–Trinajstić information content (AvgIpc) is 3.32. The van der Waals surface area contributed by atoms with Crippen molar-refractivity contribution < 1.29 is 0 Å². The summed E-state index contributed by atoms with van der Waals surface area (Å²) in [4.78, 5) is 5.36. The molecule has 0 fully saturated rings. The van der Waals surface area contributed by atoms with Crippen LogP contribution in [0, 0.1) is 6.92 Å². The first-order valence-corrected chi connectivity index (χ1v) is 9.01. The van der Waals surface area contributed by atoms with E-state index in [2.05, 4.69) is 32.4 Å². The molecule has 0 N–H and O–H groups in total. The van der Waals surface area contributed by atoms with Crippen LogP contribution in [0.3, 0.4) is 0 Å². The summed E-state index contributed by atoms with van der Waals surface area (Å²) in [6, 6.07) is 16.1. The number of pyridine rings is 1. The summed E-state index contributed by atoms with van der Waals surface area (Å²) < 4.78 is 3.81. The fraction of sp³-hybridized carbons (Fsp3) is 0.0526. The summed E-state index contributed by atoms with van der Waals surface area (Å²) >= 11 is 1.51. The second-order valence-electron chi connectivity index (χ2n) is 5.88. The van der Waals surface area contributed by atoms with Crippen molar-refractivity contribution in [3.8, 4) is 11.5 Å². The van der Waals surface area contributed by atoms with Crippen LogP contribution in [0.25, 0.3) is 34.3 Å². The predicted octanol–water partition coefficient (Wildman–Crippen LogP) is 3.98. The van der Waals surface area contributed by atoms with Crippen molar-refractivity contribution >= 4 is 34.1 Å². The van der Waals surface area contributed by atoms with Crippen LogP contribution in [-0.4, -0.2) is 29.2 Å². The lowest BCUT2D eigenvalue weighted by Gasteiger charge is -1.99. The van der Waals surface area contributed by atoms with Gasteiger partial charge in [-0.05, 0) is 30.7 Å². The number of fused-ring (bicyclic) bond motifs is 2. The molecule has 0 bridgehead atoms. The third kappa shape index (κ3) is 2.41. The second kappa shape index (κ2) is 5.89. The zero-order valence-electron chi connectivity index (χ0n) is 13.9. The molecule has 1 aromatic carbocycles. The summed E-state index contributed by atoms with van der Waals surface area (Å²) in [5.74, 6) is 0.701. The highest BCUT2D eigenvalue weighted by Crippen LogP contribution is 2.26. The first-order chi connectivity index (χ1) is 12.8. The number of imidazole rings is 1. The zero-order valence-corrected chi connectivity index (χ0v) is 14.8. The Balaban J connectivity index is 1.60. The smallest absolute Gasteiger partial charge is 0.235 e. The number of hydrogen-bond donors (Lipinski definition) is 0. The fourth-order valence-electron chi connectivity index (χ4n) is 2.96. The maximum absolute atomic E-state index is 4.67. The molecule has 0 unspecified atom stereocenters. The van der Waals surface area contributed by atoms with Gasteiger partial charge >= 0.3 is 0 Å². The minimum absolute atomic E-state index is 0.701.